The molecule has 0 bridgehead atoms. The van der Waals surface area contributed by atoms with Gasteiger partial charge in [0.15, 0.2) is 11.5 Å². The zero-order valence-electron chi connectivity index (χ0n) is 18.6. The van der Waals surface area contributed by atoms with Crippen molar-refractivity contribution in [1.82, 2.24) is 10.2 Å². The molecule has 2 unspecified atom stereocenters. The van der Waals surface area contributed by atoms with Crippen LogP contribution in [0.3, 0.4) is 0 Å². The molecule has 0 aromatic heterocycles. The predicted octanol–water partition coefficient (Wildman–Crippen LogP) is 4.70. The number of rotatable bonds is 7. The van der Waals surface area contributed by atoms with Gasteiger partial charge in [0.05, 0.1) is 20.3 Å². The molecular formula is C27H32N2O2. The monoisotopic (exact) mass is 416 g/mol. The molecule has 4 rings (SSSR count). The van der Waals surface area contributed by atoms with Crippen LogP contribution in [0.1, 0.15) is 29.7 Å². The third-order valence-corrected chi connectivity index (χ3v) is 6.01. The zero-order valence-corrected chi connectivity index (χ0v) is 18.6. The minimum absolute atomic E-state index is 0.250. The van der Waals surface area contributed by atoms with Gasteiger partial charge in [-0.1, -0.05) is 66.7 Å². The fourth-order valence-corrected chi connectivity index (χ4v) is 4.73. The second kappa shape index (κ2) is 9.99. The molecule has 31 heavy (non-hydrogen) atoms. The van der Waals surface area contributed by atoms with Gasteiger partial charge in [-0.25, -0.2) is 0 Å². The lowest BCUT2D eigenvalue weighted by Crippen LogP contribution is -2.57. The second-order valence-corrected chi connectivity index (χ2v) is 8.34. The first kappa shape index (κ1) is 21.4. The Hall–Kier alpha value is -2.82. The Labute approximate surface area is 185 Å². The normalized spacial score (nSPS) is 19.4. The van der Waals surface area contributed by atoms with Gasteiger partial charge >= 0.3 is 0 Å². The Bertz CT molecular complexity index is 922. The van der Waals surface area contributed by atoms with Crippen LogP contribution in [0.15, 0.2) is 78.9 Å². The van der Waals surface area contributed by atoms with Crippen molar-refractivity contribution in [3.63, 3.8) is 0 Å². The van der Waals surface area contributed by atoms with Crippen molar-refractivity contribution < 1.29 is 9.47 Å². The summed E-state index contributed by atoms with van der Waals surface area (Å²) in [5.74, 6) is 1.55. The minimum Gasteiger partial charge on any atom is -0.493 e. The number of nitrogens with one attached hydrogen (secondary N) is 1. The maximum Gasteiger partial charge on any atom is 0.160 e. The number of piperazine rings is 1. The SMILES string of the molecule is COc1ccc(CC2CN(C(c3ccccc3)c3ccccc3)CC(C)N2)cc1OC. The van der Waals surface area contributed by atoms with E-state index in [1.807, 2.05) is 6.07 Å². The van der Waals surface area contributed by atoms with Crippen LogP contribution >= 0.6 is 0 Å². The lowest BCUT2D eigenvalue weighted by molar-refractivity contribution is 0.135. The maximum absolute atomic E-state index is 5.51. The second-order valence-electron chi connectivity index (χ2n) is 8.34. The molecule has 3 aromatic carbocycles. The van der Waals surface area contributed by atoms with Crippen LogP contribution in [0.25, 0.3) is 0 Å². The van der Waals surface area contributed by atoms with Crippen LogP contribution in [0.5, 0.6) is 11.5 Å². The summed E-state index contributed by atoms with van der Waals surface area (Å²) in [7, 11) is 3.36. The molecule has 2 atom stereocenters. The van der Waals surface area contributed by atoms with Gasteiger partial charge in [-0.2, -0.15) is 0 Å². The summed E-state index contributed by atoms with van der Waals surface area (Å²) in [6.07, 6.45) is 0.942. The van der Waals surface area contributed by atoms with Crippen LogP contribution in [-0.4, -0.2) is 44.3 Å². The van der Waals surface area contributed by atoms with E-state index in [1.165, 1.54) is 16.7 Å². The third kappa shape index (κ3) is 5.09. The third-order valence-electron chi connectivity index (χ3n) is 6.01. The van der Waals surface area contributed by atoms with Crippen LogP contribution in [0, 0.1) is 0 Å². The highest BCUT2D eigenvalue weighted by atomic mass is 16.5. The largest absolute Gasteiger partial charge is 0.493 e. The topological polar surface area (TPSA) is 33.7 Å². The summed E-state index contributed by atoms with van der Waals surface area (Å²) in [6, 6.07) is 28.9. The van der Waals surface area contributed by atoms with E-state index in [4.69, 9.17) is 9.47 Å². The summed E-state index contributed by atoms with van der Waals surface area (Å²) in [5, 5.41) is 3.80. The van der Waals surface area contributed by atoms with Crippen LogP contribution in [-0.2, 0) is 6.42 Å². The average Bonchev–Trinajstić information content (AvgIpc) is 2.80. The van der Waals surface area contributed by atoms with E-state index in [0.717, 1.165) is 31.0 Å². The van der Waals surface area contributed by atoms with Gasteiger partial charge in [0.1, 0.15) is 0 Å². The number of hydrogen-bond donors (Lipinski definition) is 1. The van der Waals surface area contributed by atoms with E-state index in [2.05, 4.69) is 89.9 Å². The summed E-state index contributed by atoms with van der Waals surface area (Å²) in [6.45, 7) is 4.27. The molecule has 1 saturated heterocycles. The molecule has 0 amide bonds. The van der Waals surface area contributed by atoms with Gasteiger partial charge in [0.25, 0.3) is 0 Å². The van der Waals surface area contributed by atoms with Crippen molar-refractivity contribution >= 4 is 0 Å². The molecule has 4 nitrogen and oxygen atoms in total. The van der Waals surface area contributed by atoms with E-state index in [-0.39, 0.29) is 6.04 Å². The molecule has 4 heteroatoms. The number of methoxy groups -OCH3 is 2. The molecule has 0 saturated carbocycles. The molecule has 162 valence electrons. The maximum atomic E-state index is 5.51. The van der Waals surface area contributed by atoms with Gasteiger partial charge in [-0.15, -0.1) is 0 Å². The fourth-order valence-electron chi connectivity index (χ4n) is 4.73. The first-order valence-electron chi connectivity index (χ1n) is 11.0. The first-order valence-corrected chi connectivity index (χ1v) is 11.0. The van der Waals surface area contributed by atoms with Crippen molar-refractivity contribution in [3.8, 4) is 11.5 Å². The standard InChI is InChI=1S/C27H32N2O2/c1-20-18-29(27(22-10-6-4-7-11-22)23-12-8-5-9-13-23)19-24(28-20)16-21-14-15-25(30-2)26(17-21)31-3/h4-15,17,20,24,27-28H,16,18-19H2,1-3H3. The highest BCUT2D eigenvalue weighted by Gasteiger charge is 2.30. The van der Waals surface area contributed by atoms with Gasteiger partial charge in [-0.05, 0) is 42.2 Å². The summed E-state index contributed by atoms with van der Waals surface area (Å²) in [5.41, 5.74) is 3.93. The van der Waals surface area contributed by atoms with E-state index < -0.39 is 0 Å². The van der Waals surface area contributed by atoms with E-state index in [0.29, 0.717) is 12.1 Å². The lowest BCUT2D eigenvalue weighted by Gasteiger charge is -2.42. The van der Waals surface area contributed by atoms with Crippen LogP contribution in [0.4, 0.5) is 0 Å². The minimum atomic E-state index is 0.250. The zero-order chi connectivity index (χ0) is 21.6. The molecule has 1 N–H and O–H groups in total. The van der Waals surface area contributed by atoms with Crippen molar-refractivity contribution in [2.75, 3.05) is 27.3 Å². The van der Waals surface area contributed by atoms with E-state index >= 15 is 0 Å². The van der Waals surface area contributed by atoms with Gasteiger partial charge < -0.3 is 14.8 Å². The quantitative estimate of drug-likeness (QED) is 0.605. The van der Waals surface area contributed by atoms with Crippen molar-refractivity contribution in [2.45, 2.75) is 31.5 Å². The van der Waals surface area contributed by atoms with Crippen molar-refractivity contribution in [2.24, 2.45) is 0 Å². The van der Waals surface area contributed by atoms with Crippen LogP contribution < -0.4 is 14.8 Å². The molecule has 0 radical (unpaired) electrons. The highest BCUT2D eigenvalue weighted by molar-refractivity contribution is 5.43. The smallest absolute Gasteiger partial charge is 0.160 e. The fraction of sp³-hybridized carbons (Fsp3) is 0.333. The average molecular weight is 417 g/mol. The Kier molecular flexibility index (Phi) is 6.90. The molecule has 0 spiro atoms. The van der Waals surface area contributed by atoms with Gasteiger partial charge in [0.2, 0.25) is 0 Å². The van der Waals surface area contributed by atoms with Gasteiger partial charge in [0, 0.05) is 25.2 Å². The summed E-state index contributed by atoms with van der Waals surface area (Å²) in [4.78, 5) is 2.62. The Morgan fingerprint density at radius 3 is 2.03 bits per heavy atom. The molecule has 1 fully saturated rings. The lowest BCUT2D eigenvalue weighted by atomic mass is 9.93. The first-order chi connectivity index (χ1) is 15.2. The summed E-state index contributed by atoms with van der Waals surface area (Å²) < 4.78 is 10.9. The predicted molar refractivity (Wildman–Crippen MR) is 126 cm³/mol. The Morgan fingerprint density at radius 2 is 1.45 bits per heavy atom. The van der Waals surface area contributed by atoms with Crippen molar-refractivity contribution in [3.05, 3.63) is 95.6 Å². The molecule has 1 aliphatic rings. The molecule has 1 heterocycles. The number of benzene rings is 3. The number of nitrogens with zero attached hydrogens (tertiary/aromatic N) is 1. The van der Waals surface area contributed by atoms with E-state index in [1.54, 1.807) is 14.2 Å². The van der Waals surface area contributed by atoms with Crippen LogP contribution in [0.2, 0.25) is 0 Å². The van der Waals surface area contributed by atoms with Gasteiger partial charge in [-0.3, -0.25) is 4.90 Å². The number of hydrogen-bond acceptors (Lipinski definition) is 4. The number of ether oxygens (including phenoxy) is 2. The highest BCUT2D eigenvalue weighted by Crippen LogP contribution is 2.32. The van der Waals surface area contributed by atoms with Crippen molar-refractivity contribution in [1.29, 1.82) is 0 Å². The molecule has 3 aromatic rings. The molecule has 1 aliphatic heterocycles. The van der Waals surface area contributed by atoms with E-state index in [9.17, 15) is 0 Å². The Balaban J connectivity index is 1.58. The molecule has 0 aliphatic carbocycles. The Morgan fingerprint density at radius 1 is 0.839 bits per heavy atom. The summed E-state index contributed by atoms with van der Waals surface area (Å²) >= 11 is 0. The molecular weight excluding hydrogens is 384 g/mol.